The van der Waals surface area contributed by atoms with Crippen molar-refractivity contribution >= 4 is 17.3 Å². The van der Waals surface area contributed by atoms with Gasteiger partial charge in [0.1, 0.15) is 5.82 Å². The second kappa shape index (κ2) is 8.61. The van der Waals surface area contributed by atoms with Crippen molar-refractivity contribution in [1.29, 1.82) is 0 Å². The molecule has 2 aromatic rings. The third kappa shape index (κ3) is 4.40. The standard InChI is InChI=1S/C22H24FN3O3/c1-25(15-17-5-2-3-8-20(17)26-9-11-28-12-10-26)22(27)21-14-19(24-29-21)16-6-4-7-18(23)13-16/h2-8,13,21H,9-12,14-15H2,1H3/t21-/m1/s1. The summed E-state index contributed by atoms with van der Waals surface area (Å²) in [4.78, 5) is 22.2. The molecule has 29 heavy (non-hydrogen) atoms. The highest BCUT2D eigenvalue weighted by Crippen LogP contribution is 2.24. The molecule has 1 atom stereocenters. The van der Waals surface area contributed by atoms with Gasteiger partial charge in [-0.1, -0.05) is 35.5 Å². The second-order valence-corrected chi connectivity index (χ2v) is 7.27. The Balaban J connectivity index is 1.41. The molecule has 2 aliphatic heterocycles. The van der Waals surface area contributed by atoms with E-state index in [4.69, 9.17) is 9.57 Å². The molecule has 6 nitrogen and oxygen atoms in total. The molecule has 7 heteroatoms. The minimum Gasteiger partial charge on any atom is -0.382 e. The molecule has 1 amide bonds. The van der Waals surface area contributed by atoms with E-state index < -0.39 is 6.10 Å². The first-order chi connectivity index (χ1) is 14.1. The lowest BCUT2D eigenvalue weighted by Crippen LogP contribution is -2.38. The lowest BCUT2D eigenvalue weighted by molar-refractivity contribution is -0.141. The summed E-state index contributed by atoms with van der Waals surface area (Å²) in [6, 6.07) is 14.3. The fourth-order valence-corrected chi connectivity index (χ4v) is 3.68. The van der Waals surface area contributed by atoms with Crippen LogP contribution < -0.4 is 4.90 Å². The molecular formula is C22H24FN3O3. The van der Waals surface area contributed by atoms with Crippen LogP contribution in [0.25, 0.3) is 0 Å². The number of anilines is 1. The lowest BCUT2D eigenvalue weighted by atomic mass is 10.0. The van der Waals surface area contributed by atoms with Crippen molar-refractivity contribution in [3.05, 3.63) is 65.5 Å². The van der Waals surface area contributed by atoms with Gasteiger partial charge in [0, 0.05) is 44.4 Å². The highest BCUT2D eigenvalue weighted by atomic mass is 19.1. The Morgan fingerprint density at radius 3 is 2.79 bits per heavy atom. The number of nitrogens with zero attached hydrogens (tertiary/aromatic N) is 3. The number of carbonyl (C=O) groups excluding carboxylic acids is 1. The Bertz CT molecular complexity index is 912. The normalized spacial score (nSPS) is 18.9. The quantitative estimate of drug-likeness (QED) is 0.779. The molecule has 0 aromatic heterocycles. The highest BCUT2D eigenvalue weighted by Gasteiger charge is 2.31. The Labute approximate surface area is 169 Å². The van der Waals surface area contributed by atoms with Gasteiger partial charge in [-0.05, 0) is 23.8 Å². The number of oxime groups is 1. The van der Waals surface area contributed by atoms with Gasteiger partial charge in [0.15, 0.2) is 0 Å². The van der Waals surface area contributed by atoms with Crippen molar-refractivity contribution in [2.45, 2.75) is 19.1 Å². The van der Waals surface area contributed by atoms with Crippen LogP contribution >= 0.6 is 0 Å². The van der Waals surface area contributed by atoms with E-state index in [1.54, 1.807) is 24.1 Å². The van der Waals surface area contributed by atoms with E-state index in [-0.39, 0.29) is 11.7 Å². The zero-order valence-electron chi connectivity index (χ0n) is 16.4. The van der Waals surface area contributed by atoms with Crippen molar-refractivity contribution in [2.24, 2.45) is 5.16 Å². The SMILES string of the molecule is CN(Cc1ccccc1N1CCOCC1)C(=O)[C@H]1CC(c2cccc(F)c2)=NO1. The third-order valence-electron chi connectivity index (χ3n) is 5.23. The van der Waals surface area contributed by atoms with Crippen LogP contribution in [0, 0.1) is 5.82 Å². The molecule has 152 valence electrons. The topological polar surface area (TPSA) is 54.4 Å². The predicted molar refractivity (Wildman–Crippen MR) is 108 cm³/mol. The summed E-state index contributed by atoms with van der Waals surface area (Å²) in [5.41, 5.74) is 3.43. The van der Waals surface area contributed by atoms with Gasteiger partial charge in [-0.25, -0.2) is 4.39 Å². The van der Waals surface area contributed by atoms with Gasteiger partial charge in [-0.2, -0.15) is 0 Å². The maximum Gasteiger partial charge on any atom is 0.266 e. The van der Waals surface area contributed by atoms with Gasteiger partial charge in [0.2, 0.25) is 6.10 Å². The fraction of sp³-hybridized carbons (Fsp3) is 0.364. The van der Waals surface area contributed by atoms with Crippen molar-refractivity contribution in [3.8, 4) is 0 Å². The summed E-state index contributed by atoms with van der Waals surface area (Å²) in [5.74, 6) is -0.478. The average Bonchev–Trinajstić information content (AvgIpc) is 3.24. The van der Waals surface area contributed by atoms with Crippen LogP contribution in [0.4, 0.5) is 10.1 Å². The van der Waals surface area contributed by atoms with E-state index in [1.807, 2.05) is 18.2 Å². The number of para-hydroxylation sites is 1. The number of hydrogen-bond donors (Lipinski definition) is 0. The molecular weight excluding hydrogens is 373 g/mol. The molecule has 2 aromatic carbocycles. The van der Waals surface area contributed by atoms with Gasteiger partial charge in [0.05, 0.1) is 18.9 Å². The van der Waals surface area contributed by atoms with Gasteiger partial charge in [-0.15, -0.1) is 0 Å². The molecule has 1 fully saturated rings. The summed E-state index contributed by atoms with van der Waals surface area (Å²) in [7, 11) is 1.77. The maximum absolute atomic E-state index is 13.5. The molecule has 0 N–H and O–H groups in total. The lowest BCUT2D eigenvalue weighted by Gasteiger charge is -2.31. The van der Waals surface area contributed by atoms with Crippen LogP contribution in [-0.4, -0.2) is 56.0 Å². The van der Waals surface area contributed by atoms with Crippen LogP contribution in [0.15, 0.2) is 53.7 Å². The highest BCUT2D eigenvalue weighted by molar-refractivity contribution is 6.04. The Morgan fingerprint density at radius 1 is 1.21 bits per heavy atom. The van der Waals surface area contributed by atoms with Gasteiger partial charge < -0.3 is 19.4 Å². The van der Waals surface area contributed by atoms with E-state index in [2.05, 4.69) is 16.1 Å². The van der Waals surface area contributed by atoms with Crippen LogP contribution in [-0.2, 0) is 20.9 Å². The fourth-order valence-electron chi connectivity index (χ4n) is 3.68. The molecule has 0 spiro atoms. The van der Waals surface area contributed by atoms with Gasteiger partial charge in [-0.3, -0.25) is 4.79 Å². The van der Waals surface area contributed by atoms with Crippen molar-refractivity contribution in [3.63, 3.8) is 0 Å². The number of halogens is 1. The largest absolute Gasteiger partial charge is 0.382 e. The monoisotopic (exact) mass is 397 g/mol. The minimum absolute atomic E-state index is 0.142. The Hall–Kier alpha value is -2.93. The van der Waals surface area contributed by atoms with E-state index in [9.17, 15) is 9.18 Å². The molecule has 0 radical (unpaired) electrons. The first-order valence-electron chi connectivity index (χ1n) is 9.76. The Morgan fingerprint density at radius 2 is 2.00 bits per heavy atom. The van der Waals surface area contributed by atoms with Crippen LogP contribution in [0.3, 0.4) is 0 Å². The van der Waals surface area contributed by atoms with Crippen molar-refractivity contribution in [2.75, 3.05) is 38.3 Å². The summed E-state index contributed by atoms with van der Waals surface area (Å²) >= 11 is 0. The summed E-state index contributed by atoms with van der Waals surface area (Å²) < 4.78 is 18.9. The van der Waals surface area contributed by atoms with Crippen molar-refractivity contribution in [1.82, 2.24) is 4.90 Å². The maximum atomic E-state index is 13.5. The van der Waals surface area contributed by atoms with Gasteiger partial charge >= 0.3 is 0 Å². The van der Waals surface area contributed by atoms with Crippen LogP contribution in [0.5, 0.6) is 0 Å². The smallest absolute Gasteiger partial charge is 0.266 e. The van der Waals surface area contributed by atoms with E-state index in [1.165, 1.54) is 12.1 Å². The summed E-state index contributed by atoms with van der Waals surface area (Å²) in [6.07, 6.45) is -0.355. The average molecular weight is 397 g/mol. The van der Waals surface area contributed by atoms with Crippen molar-refractivity contribution < 1.29 is 18.8 Å². The van der Waals surface area contributed by atoms with E-state index >= 15 is 0 Å². The van der Waals surface area contributed by atoms with E-state index in [0.29, 0.717) is 37.5 Å². The minimum atomic E-state index is -0.686. The predicted octanol–water partition coefficient (Wildman–Crippen LogP) is 2.81. The zero-order chi connectivity index (χ0) is 20.2. The summed E-state index contributed by atoms with van der Waals surface area (Å²) in [5, 5.41) is 4.01. The Kier molecular flexibility index (Phi) is 5.76. The number of ether oxygens (including phenoxy) is 1. The molecule has 0 bridgehead atoms. The van der Waals surface area contributed by atoms with Gasteiger partial charge in [0.25, 0.3) is 5.91 Å². The van der Waals surface area contributed by atoms with Crippen LogP contribution in [0.2, 0.25) is 0 Å². The van der Waals surface area contributed by atoms with Crippen LogP contribution in [0.1, 0.15) is 17.5 Å². The third-order valence-corrected chi connectivity index (χ3v) is 5.23. The summed E-state index contributed by atoms with van der Waals surface area (Å²) in [6.45, 7) is 3.57. The van der Waals surface area contributed by atoms with E-state index in [0.717, 1.165) is 24.3 Å². The molecule has 1 saturated heterocycles. The number of carbonyl (C=O) groups is 1. The number of likely N-dealkylation sites (N-methyl/N-ethyl adjacent to an activating group) is 1. The number of morpholine rings is 1. The molecule has 0 unspecified atom stereocenters. The number of benzene rings is 2. The number of amides is 1. The molecule has 0 saturated carbocycles. The number of hydrogen-bond acceptors (Lipinski definition) is 5. The zero-order valence-corrected chi connectivity index (χ0v) is 16.4. The molecule has 2 aliphatic rings. The number of rotatable bonds is 5. The molecule has 4 rings (SSSR count). The first kappa shape index (κ1) is 19.4. The molecule has 0 aliphatic carbocycles. The second-order valence-electron chi connectivity index (χ2n) is 7.27. The first-order valence-corrected chi connectivity index (χ1v) is 9.76. The molecule has 2 heterocycles.